The molecule has 17 heteroatoms. The molecule has 5 atom stereocenters. The summed E-state index contributed by atoms with van der Waals surface area (Å²) in [4.78, 5) is 88.7. The highest BCUT2D eigenvalue weighted by Gasteiger charge is 2.60. The Labute approximate surface area is 266 Å². The Morgan fingerprint density at radius 3 is 2.13 bits per heavy atom. The molecule has 0 radical (unpaired) electrons. The van der Waals surface area contributed by atoms with Crippen LogP contribution in [-0.2, 0) is 24.1 Å². The minimum absolute atomic E-state index is 0.0415. The van der Waals surface area contributed by atoms with Crippen LogP contribution in [0, 0.1) is 32.1 Å². The molecule has 0 aliphatic carbocycles. The van der Waals surface area contributed by atoms with Crippen molar-refractivity contribution in [1.29, 1.82) is 0 Å². The second-order valence-corrected chi connectivity index (χ2v) is 11.3. The molecule has 2 aromatic carbocycles. The number of nitro groups is 2. The molecule has 17 nitrogen and oxygen atoms in total. The minimum atomic E-state index is -1.05. The molecule has 1 N–H and O–H groups in total. The first kappa shape index (κ1) is 32.8. The Morgan fingerprint density at radius 2 is 1.57 bits per heavy atom. The van der Waals surface area contributed by atoms with Crippen LogP contribution in [0.1, 0.15) is 41.0 Å². The monoisotopic (exact) mass is 651 g/mol. The van der Waals surface area contributed by atoms with Gasteiger partial charge in [0.25, 0.3) is 11.4 Å². The summed E-state index contributed by atoms with van der Waals surface area (Å²) in [6.45, 7) is 4.51. The van der Waals surface area contributed by atoms with E-state index in [1.54, 1.807) is 0 Å². The van der Waals surface area contributed by atoms with E-state index in [9.17, 15) is 44.5 Å². The lowest BCUT2D eigenvalue weighted by Gasteiger charge is -2.46. The van der Waals surface area contributed by atoms with Gasteiger partial charge in [0.1, 0.15) is 5.70 Å². The van der Waals surface area contributed by atoms with E-state index in [0.29, 0.717) is 25.1 Å². The fraction of sp³-hybridized carbons (Fsp3) is 0.367. The molecular formula is C30H29N5O12. The Hall–Kier alpha value is -5.55. The van der Waals surface area contributed by atoms with E-state index in [4.69, 9.17) is 9.62 Å². The van der Waals surface area contributed by atoms with Gasteiger partial charge in [0.2, 0.25) is 12.3 Å². The van der Waals surface area contributed by atoms with Crippen LogP contribution in [0.5, 0.6) is 0 Å². The number of ether oxygens (including phenoxy) is 1. The minimum Gasteiger partial charge on any atom is -0.393 e. The number of carbonyl (C=O) groups is 4. The number of non-ortho nitro benzene ring substituents is 2. The summed E-state index contributed by atoms with van der Waals surface area (Å²) in [5.74, 6) is -4.52. The lowest BCUT2D eigenvalue weighted by molar-refractivity contribution is -0.385. The maximum absolute atomic E-state index is 13.4. The highest BCUT2D eigenvalue weighted by molar-refractivity contribution is 6.06. The number of aliphatic hydroxyl groups excluding tert-OH is 1. The molecular weight excluding hydrogens is 622 g/mol. The van der Waals surface area contributed by atoms with Gasteiger partial charge in [-0.05, 0) is 43.2 Å². The number of hydrogen-bond acceptors (Lipinski definition) is 14. The predicted molar refractivity (Wildman–Crippen MR) is 158 cm³/mol. The zero-order chi connectivity index (χ0) is 34.0. The largest absolute Gasteiger partial charge is 0.393 e. The highest BCUT2D eigenvalue weighted by Crippen LogP contribution is 2.47. The van der Waals surface area contributed by atoms with Crippen LogP contribution in [0.25, 0.3) is 0 Å². The highest BCUT2D eigenvalue weighted by atomic mass is 17.2. The van der Waals surface area contributed by atoms with Crippen molar-refractivity contribution in [2.75, 3.05) is 19.6 Å². The van der Waals surface area contributed by atoms with Gasteiger partial charge in [0, 0.05) is 49.8 Å². The quantitative estimate of drug-likeness (QED) is 0.0539. The first-order valence-electron chi connectivity index (χ1n) is 14.5. The summed E-state index contributed by atoms with van der Waals surface area (Å²) >= 11 is 0. The first-order chi connectivity index (χ1) is 22.4. The van der Waals surface area contributed by atoms with Gasteiger partial charge >= 0.3 is 17.9 Å². The average molecular weight is 652 g/mol. The predicted octanol–water partition coefficient (Wildman–Crippen LogP) is 2.19. The topological polar surface area (TPSA) is 221 Å². The molecule has 0 bridgehead atoms. The summed E-state index contributed by atoms with van der Waals surface area (Å²) in [7, 11) is 0. The van der Waals surface area contributed by atoms with E-state index in [1.165, 1.54) is 24.0 Å². The van der Waals surface area contributed by atoms with E-state index in [0.717, 1.165) is 42.8 Å². The molecule has 0 aromatic heterocycles. The molecule has 2 saturated heterocycles. The fourth-order valence-corrected chi connectivity index (χ4v) is 6.02. The number of carbonyl (C=O) groups excluding carboxylic acids is 4. The van der Waals surface area contributed by atoms with Gasteiger partial charge in [0.05, 0.1) is 45.1 Å². The molecule has 1 amide bonds. The summed E-state index contributed by atoms with van der Waals surface area (Å²) in [6, 6.07) is 8.51. The number of esters is 2. The molecule has 2 fully saturated rings. The molecule has 5 rings (SSSR count). The van der Waals surface area contributed by atoms with Crippen LogP contribution in [0.15, 0.2) is 64.8 Å². The maximum atomic E-state index is 13.4. The zero-order valence-electron chi connectivity index (χ0n) is 25.1. The van der Waals surface area contributed by atoms with Crippen molar-refractivity contribution in [3.8, 4) is 0 Å². The van der Waals surface area contributed by atoms with E-state index >= 15 is 0 Å². The number of nitro benzene ring substituents is 2. The molecule has 2 aromatic rings. The lowest BCUT2D eigenvalue weighted by Crippen LogP contribution is -2.63. The van der Waals surface area contributed by atoms with Crippen LogP contribution < -0.4 is 0 Å². The number of rotatable bonds is 11. The van der Waals surface area contributed by atoms with Crippen molar-refractivity contribution in [3.05, 3.63) is 91.2 Å². The Bertz CT molecular complexity index is 1670. The van der Waals surface area contributed by atoms with Crippen LogP contribution in [0.2, 0.25) is 0 Å². The maximum Gasteiger partial charge on any atom is 0.386 e. The summed E-state index contributed by atoms with van der Waals surface area (Å²) in [5.41, 5.74) is -0.00883. The number of hydrogen-bond donors (Lipinski definition) is 1. The number of fused-ring (bicyclic) bond motifs is 1. The SMILES string of the molecule is C[C@@H](O)[C@H]1C(=O)N2C(C(=O)OC(=O)c3ccc([N+](=O)[O-])cc3)=C(CN3CC[C@H](N=COOC(=O)c4ccc([N+](=O)[O-])cc4)C3)[C@H](C)[C@H]12. The van der Waals surface area contributed by atoms with Crippen LogP contribution in [-0.4, -0.2) is 92.8 Å². The van der Waals surface area contributed by atoms with Crippen molar-refractivity contribution in [2.24, 2.45) is 16.8 Å². The van der Waals surface area contributed by atoms with Crippen molar-refractivity contribution < 1.29 is 48.6 Å². The van der Waals surface area contributed by atoms with Gasteiger partial charge in [-0.25, -0.2) is 24.3 Å². The summed E-state index contributed by atoms with van der Waals surface area (Å²) < 4.78 is 5.12. The van der Waals surface area contributed by atoms with Gasteiger partial charge in [-0.1, -0.05) is 6.92 Å². The molecule has 47 heavy (non-hydrogen) atoms. The molecule has 0 saturated carbocycles. The lowest BCUT2D eigenvalue weighted by atomic mass is 9.77. The number of benzene rings is 2. The van der Waals surface area contributed by atoms with Crippen LogP contribution in [0.4, 0.5) is 11.4 Å². The third kappa shape index (κ3) is 6.70. The van der Waals surface area contributed by atoms with Gasteiger partial charge in [-0.2, -0.15) is 0 Å². The summed E-state index contributed by atoms with van der Waals surface area (Å²) in [5, 5.41) is 31.9. The van der Waals surface area contributed by atoms with Gasteiger partial charge < -0.3 is 14.7 Å². The van der Waals surface area contributed by atoms with Crippen molar-refractivity contribution >= 4 is 41.6 Å². The number of aliphatic hydroxyl groups is 1. The van der Waals surface area contributed by atoms with E-state index < -0.39 is 51.7 Å². The third-order valence-corrected chi connectivity index (χ3v) is 8.40. The van der Waals surface area contributed by atoms with Crippen LogP contribution >= 0.6 is 0 Å². The zero-order valence-corrected chi connectivity index (χ0v) is 25.1. The second-order valence-electron chi connectivity index (χ2n) is 11.3. The van der Waals surface area contributed by atoms with Crippen molar-refractivity contribution in [2.45, 2.75) is 38.5 Å². The number of likely N-dealkylation sites (tertiary alicyclic amines) is 1. The molecule has 3 aliphatic rings. The summed E-state index contributed by atoms with van der Waals surface area (Å²) in [6.07, 6.45) is 0.586. The molecule has 3 heterocycles. The number of β-lactam (4-membered cyclic amide) rings is 1. The van der Waals surface area contributed by atoms with Crippen molar-refractivity contribution in [3.63, 3.8) is 0 Å². The van der Waals surface area contributed by atoms with Crippen molar-refractivity contribution in [1.82, 2.24) is 9.80 Å². The standard InChI is InChI=1S/C30H29N5O12/c1-16-23(14-32-12-11-20(13-32)31-15-45-47-29(39)19-5-9-22(10-6-19)35(43)44)26(33-25(16)24(17(2)36)27(33)37)30(40)46-28(38)18-3-7-21(8-4-18)34(41)42/h3-10,15-17,20,24-25,36H,11-14H2,1-2H3/t16-,17+,20-,24+,25+/m0/s1. The number of amides is 1. The number of aliphatic imine (C=N–C) groups is 1. The average Bonchev–Trinajstić information content (AvgIpc) is 3.58. The number of nitrogens with zero attached hydrogens (tertiary/aromatic N) is 5. The van der Waals surface area contributed by atoms with Gasteiger partial charge in [0.15, 0.2) is 0 Å². The van der Waals surface area contributed by atoms with Crippen LogP contribution in [0.3, 0.4) is 0 Å². The Balaban J connectivity index is 1.23. The molecule has 246 valence electrons. The molecule has 0 unspecified atom stereocenters. The van der Waals surface area contributed by atoms with Gasteiger partial charge in [-0.3, -0.25) is 34.8 Å². The molecule has 0 spiro atoms. The Morgan fingerprint density at radius 1 is 1.00 bits per heavy atom. The van der Waals surface area contributed by atoms with E-state index in [1.807, 2.05) is 11.8 Å². The van der Waals surface area contributed by atoms with Gasteiger partial charge in [-0.15, -0.1) is 0 Å². The fourth-order valence-electron chi connectivity index (χ4n) is 6.02. The normalized spacial score (nSPS) is 22.9. The smallest absolute Gasteiger partial charge is 0.386 e. The molecule has 3 aliphatic heterocycles. The first-order valence-corrected chi connectivity index (χ1v) is 14.5. The van der Waals surface area contributed by atoms with E-state index in [2.05, 4.69) is 9.88 Å². The third-order valence-electron chi connectivity index (χ3n) is 8.40. The second kappa shape index (κ2) is 13.4. The van der Waals surface area contributed by atoms with E-state index in [-0.39, 0.29) is 46.7 Å². The Kier molecular flexibility index (Phi) is 9.39.